The number of hydrogen-bond donors (Lipinski definition) is 0. The van der Waals surface area contributed by atoms with Crippen LogP contribution in [0, 0.1) is 11.8 Å². The maximum atomic E-state index is 13.5. The molecule has 4 aromatic carbocycles. The summed E-state index contributed by atoms with van der Waals surface area (Å²) in [5.41, 5.74) is 6.65. The highest BCUT2D eigenvalue weighted by molar-refractivity contribution is 6.09. The van der Waals surface area contributed by atoms with Crippen LogP contribution in [0.4, 0.5) is 11.4 Å². The van der Waals surface area contributed by atoms with E-state index in [1.165, 1.54) is 0 Å². The van der Waals surface area contributed by atoms with Gasteiger partial charge in [0.25, 0.3) is 0 Å². The molecule has 0 unspecified atom stereocenters. The zero-order valence-corrected chi connectivity index (χ0v) is 19.3. The normalized spacial score (nSPS) is 14.1. The first kappa shape index (κ1) is 21.1. The molecule has 4 aromatic rings. The Balaban J connectivity index is 1.27. The van der Waals surface area contributed by atoms with E-state index in [2.05, 4.69) is 45.9 Å². The van der Waals surface area contributed by atoms with E-state index in [4.69, 9.17) is 4.74 Å². The summed E-state index contributed by atoms with van der Waals surface area (Å²) in [6, 6.07) is 32.1. The third kappa shape index (κ3) is 4.25. The summed E-state index contributed by atoms with van der Waals surface area (Å²) >= 11 is 0. The van der Waals surface area contributed by atoms with Crippen molar-refractivity contribution in [2.45, 2.75) is 13.1 Å². The van der Waals surface area contributed by atoms with Crippen molar-refractivity contribution in [1.29, 1.82) is 0 Å². The van der Waals surface area contributed by atoms with Crippen molar-refractivity contribution in [2.75, 3.05) is 23.1 Å². The van der Waals surface area contributed by atoms with E-state index in [1.807, 2.05) is 72.8 Å². The number of ether oxygens (including phenoxy) is 1. The summed E-state index contributed by atoms with van der Waals surface area (Å²) in [5, 5.41) is 0. The highest BCUT2D eigenvalue weighted by atomic mass is 16.5. The Hall–Kier alpha value is -4.49. The monoisotopic (exact) mass is 456 g/mol. The quantitative estimate of drug-likeness (QED) is 0.294. The van der Waals surface area contributed by atoms with E-state index in [1.54, 1.807) is 0 Å². The molecular formula is C31H24N2O2. The van der Waals surface area contributed by atoms with Gasteiger partial charge in [-0.15, -0.1) is 0 Å². The maximum Gasteiger partial charge on any atom is 0.193 e. The first-order valence-corrected chi connectivity index (χ1v) is 11.8. The standard InChI is InChI=1S/C31H24N2O2/c34-31(25-15-16-30-27(19-25)21-33(22-35-30)29-11-5-2-6-12-29)24-14-13-23-8-7-17-32(20-26(23)18-24)28-9-3-1-4-10-28/h1-6,9-16,18-19H,17,20-22H2. The smallest absolute Gasteiger partial charge is 0.193 e. The van der Waals surface area contributed by atoms with Gasteiger partial charge < -0.3 is 14.5 Å². The van der Waals surface area contributed by atoms with E-state index >= 15 is 0 Å². The van der Waals surface area contributed by atoms with Crippen LogP contribution < -0.4 is 14.5 Å². The van der Waals surface area contributed by atoms with E-state index in [0.717, 1.165) is 33.8 Å². The van der Waals surface area contributed by atoms with Crippen LogP contribution in [0.15, 0.2) is 97.1 Å². The SMILES string of the molecule is O=C(c1ccc2c(c1)CN(c1ccccc1)CC#C2)c1ccc2c(c1)CN(c1ccccc1)CO2. The first-order chi connectivity index (χ1) is 17.2. The molecule has 0 atom stereocenters. The van der Waals surface area contributed by atoms with Crippen LogP contribution in [0.2, 0.25) is 0 Å². The molecule has 0 saturated carbocycles. The number of ketones is 1. The number of fused-ring (bicyclic) bond motifs is 2. The average Bonchev–Trinajstić information content (AvgIpc) is 3.15. The van der Waals surface area contributed by atoms with Crippen LogP contribution in [-0.2, 0) is 13.1 Å². The second kappa shape index (κ2) is 9.04. The maximum absolute atomic E-state index is 13.5. The van der Waals surface area contributed by atoms with Gasteiger partial charge in [-0.2, -0.15) is 0 Å². The summed E-state index contributed by atoms with van der Waals surface area (Å²) in [7, 11) is 0. The van der Waals surface area contributed by atoms with Crippen molar-refractivity contribution >= 4 is 17.2 Å². The molecule has 170 valence electrons. The number of carbonyl (C=O) groups excluding carboxylic acids is 1. The number of para-hydroxylation sites is 2. The minimum Gasteiger partial charge on any atom is -0.473 e. The molecule has 6 rings (SSSR count). The topological polar surface area (TPSA) is 32.8 Å². The Morgan fingerprint density at radius 2 is 1.34 bits per heavy atom. The molecule has 2 heterocycles. The third-order valence-electron chi connectivity index (χ3n) is 6.52. The minimum atomic E-state index is 0.0101. The molecule has 0 N–H and O–H groups in total. The zero-order valence-electron chi connectivity index (χ0n) is 19.3. The van der Waals surface area contributed by atoms with E-state index in [9.17, 15) is 4.79 Å². The average molecular weight is 457 g/mol. The number of anilines is 2. The fraction of sp³-hybridized carbons (Fsp3) is 0.129. The lowest BCUT2D eigenvalue weighted by molar-refractivity contribution is 0.103. The van der Waals surface area contributed by atoms with Crippen LogP contribution in [0.3, 0.4) is 0 Å². The van der Waals surface area contributed by atoms with Crippen LogP contribution in [0.1, 0.15) is 32.6 Å². The summed E-state index contributed by atoms with van der Waals surface area (Å²) in [6.45, 7) is 2.55. The lowest BCUT2D eigenvalue weighted by Gasteiger charge is -2.31. The molecule has 2 aliphatic heterocycles. The van der Waals surface area contributed by atoms with Gasteiger partial charge in [0.15, 0.2) is 12.5 Å². The van der Waals surface area contributed by atoms with Crippen molar-refractivity contribution < 1.29 is 9.53 Å². The molecule has 0 fully saturated rings. The predicted molar refractivity (Wildman–Crippen MR) is 139 cm³/mol. The molecule has 35 heavy (non-hydrogen) atoms. The Bertz CT molecular complexity index is 1450. The third-order valence-corrected chi connectivity index (χ3v) is 6.52. The summed E-state index contributed by atoms with van der Waals surface area (Å²) in [4.78, 5) is 17.9. The first-order valence-electron chi connectivity index (χ1n) is 11.8. The van der Waals surface area contributed by atoms with Gasteiger partial charge in [0.05, 0.1) is 6.54 Å². The lowest BCUT2D eigenvalue weighted by Crippen LogP contribution is -2.31. The highest BCUT2D eigenvalue weighted by Crippen LogP contribution is 2.30. The lowest BCUT2D eigenvalue weighted by atomic mass is 9.96. The Kier molecular flexibility index (Phi) is 5.44. The van der Waals surface area contributed by atoms with Gasteiger partial charge in [-0.3, -0.25) is 4.79 Å². The summed E-state index contributed by atoms with van der Waals surface area (Å²) < 4.78 is 5.97. The van der Waals surface area contributed by atoms with Crippen molar-refractivity contribution in [2.24, 2.45) is 0 Å². The van der Waals surface area contributed by atoms with Gasteiger partial charge in [0.2, 0.25) is 0 Å². The fourth-order valence-corrected chi connectivity index (χ4v) is 4.66. The van der Waals surface area contributed by atoms with E-state index < -0.39 is 0 Å². The predicted octanol–water partition coefficient (Wildman–Crippen LogP) is 5.65. The minimum absolute atomic E-state index is 0.0101. The highest BCUT2D eigenvalue weighted by Gasteiger charge is 2.21. The Morgan fingerprint density at radius 3 is 2.09 bits per heavy atom. The van der Waals surface area contributed by atoms with Crippen molar-refractivity contribution in [3.8, 4) is 17.6 Å². The summed E-state index contributed by atoms with van der Waals surface area (Å²) in [5.74, 6) is 7.37. The van der Waals surface area contributed by atoms with Gasteiger partial charge in [0.1, 0.15) is 5.75 Å². The molecule has 2 aliphatic rings. The number of hydrogen-bond acceptors (Lipinski definition) is 4. The molecule has 0 radical (unpaired) electrons. The largest absolute Gasteiger partial charge is 0.473 e. The van der Waals surface area contributed by atoms with Gasteiger partial charge in [-0.25, -0.2) is 0 Å². The number of benzene rings is 4. The number of carbonyl (C=O) groups is 1. The molecule has 0 saturated heterocycles. The molecule has 4 heteroatoms. The van der Waals surface area contributed by atoms with Crippen LogP contribution in [-0.4, -0.2) is 19.1 Å². The fourth-order valence-electron chi connectivity index (χ4n) is 4.66. The van der Waals surface area contributed by atoms with Crippen LogP contribution in [0.5, 0.6) is 5.75 Å². The van der Waals surface area contributed by atoms with Crippen LogP contribution >= 0.6 is 0 Å². The number of nitrogens with zero attached hydrogens (tertiary/aromatic N) is 2. The van der Waals surface area contributed by atoms with Crippen molar-refractivity contribution in [1.82, 2.24) is 0 Å². The zero-order chi connectivity index (χ0) is 23.6. The molecular weight excluding hydrogens is 432 g/mol. The van der Waals surface area contributed by atoms with Crippen LogP contribution in [0.25, 0.3) is 0 Å². The van der Waals surface area contributed by atoms with Gasteiger partial charge in [-0.1, -0.05) is 48.2 Å². The Morgan fingerprint density at radius 1 is 0.714 bits per heavy atom. The molecule has 0 aliphatic carbocycles. The second-order valence-corrected chi connectivity index (χ2v) is 8.82. The molecule has 4 nitrogen and oxygen atoms in total. The van der Waals surface area contributed by atoms with Crippen molar-refractivity contribution in [3.05, 3.63) is 125 Å². The van der Waals surface area contributed by atoms with E-state index in [0.29, 0.717) is 37.5 Å². The van der Waals surface area contributed by atoms with Gasteiger partial charge in [-0.05, 0) is 66.2 Å². The second-order valence-electron chi connectivity index (χ2n) is 8.82. The number of rotatable bonds is 4. The molecule has 0 aromatic heterocycles. The van der Waals surface area contributed by atoms with Gasteiger partial charge in [0, 0.05) is 46.7 Å². The Labute approximate surface area is 205 Å². The van der Waals surface area contributed by atoms with Crippen molar-refractivity contribution in [3.63, 3.8) is 0 Å². The van der Waals surface area contributed by atoms with E-state index in [-0.39, 0.29) is 5.78 Å². The van der Waals surface area contributed by atoms with Gasteiger partial charge >= 0.3 is 0 Å². The molecule has 0 spiro atoms. The molecule has 0 amide bonds. The summed E-state index contributed by atoms with van der Waals surface area (Å²) in [6.07, 6.45) is 0. The molecule has 0 bridgehead atoms.